The summed E-state index contributed by atoms with van der Waals surface area (Å²) in [5.41, 5.74) is 0.636. The predicted molar refractivity (Wildman–Crippen MR) is 52.0 cm³/mol. The fraction of sp³-hybridized carbons (Fsp3) is 0.222. The summed E-state index contributed by atoms with van der Waals surface area (Å²) in [5.74, 6) is 0. The van der Waals surface area contributed by atoms with E-state index in [0.29, 0.717) is 12.2 Å². The molecule has 0 aromatic carbocycles. The zero-order valence-corrected chi connectivity index (χ0v) is 7.80. The van der Waals surface area contributed by atoms with Gasteiger partial charge in [-0.3, -0.25) is 9.82 Å². The predicted octanol–water partition coefficient (Wildman–Crippen LogP) is 1.16. The average Bonchev–Trinajstić information content (AvgIpc) is 2.20. The van der Waals surface area contributed by atoms with Gasteiger partial charge in [-0.2, -0.15) is 0 Å². The fourth-order valence-corrected chi connectivity index (χ4v) is 0.757. The highest BCUT2D eigenvalue weighted by Crippen LogP contribution is 1.88. The van der Waals surface area contributed by atoms with E-state index in [9.17, 15) is 4.79 Å². The first kappa shape index (κ1) is 10.2. The Bertz CT molecular complexity index is 311. The maximum absolute atomic E-state index is 10.8. The first-order chi connectivity index (χ1) is 6.83. The quantitative estimate of drug-likeness (QED) is 0.445. The number of amides is 1. The van der Waals surface area contributed by atoms with Crippen LogP contribution in [0.15, 0.2) is 29.6 Å². The van der Waals surface area contributed by atoms with Crippen LogP contribution in [0.2, 0.25) is 0 Å². The normalized spacial score (nSPS) is 10.1. The Morgan fingerprint density at radius 2 is 2.57 bits per heavy atom. The van der Waals surface area contributed by atoms with E-state index in [4.69, 9.17) is 0 Å². The van der Waals surface area contributed by atoms with Crippen molar-refractivity contribution in [2.75, 3.05) is 6.54 Å². The van der Waals surface area contributed by atoms with Crippen molar-refractivity contribution in [2.45, 2.75) is 6.92 Å². The van der Waals surface area contributed by atoms with E-state index in [0.717, 1.165) is 0 Å². The molecule has 74 valence electrons. The molecule has 1 N–H and O–H groups in total. The average molecular weight is 193 g/mol. The van der Waals surface area contributed by atoms with E-state index < -0.39 is 6.09 Å². The zero-order valence-electron chi connectivity index (χ0n) is 7.80. The van der Waals surface area contributed by atoms with Crippen LogP contribution in [0.25, 0.3) is 0 Å². The SMILES string of the molecule is CCNC(=O)O/N=C/c1ccccn1. The maximum atomic E-state index is 10.8. The number of carbonyl (C=O) groups excluding carboxylic acids is 1. The molecule has 0 aliphatic rings. The second kappa shape index (κ2) is 5.69. The molecule has 0 bridgehead atoms. The van der Waals surface area contributed by atoms with Crippen LogP contribution in [-0.4, -0.2) is 23.8 Å². The molecular formula is C9H11N3O2. The monoisotopic (exact) mass is 193 g/mol. The van der Waals surface area contributed by atoms with E-state index in [1.807, 2.05) is 6.07 Å². The number of pyridine rings is 1. The van der Waals surface area contributed by atoms with Crippen molar-refractivity contribution >= 4 is 12.3 Å². The third-order valence-corrected chi connectivity index (χ3v) is 1.33. The number of oxime groups is 1. The van der Waals surface area contributed by atoms with E-state index in [-0.39, 0.29) is 0 Å². The topological polar surface area (TPSA) is 63.6 Å². The van der Waals surface area contributed by atoms with E-state index in [1.54, 1.807) is 25.3 Å². The number of nitrogens with zero attached hydrogens (tertiary/aromatic N) is 2. The molecule has 0 spiro atoms. The summed E-state index contributed by atoms with van der Waals surface area (Å²) in [6.07, 6.45) is 2.43. The molecule has 1 heterocycles. The maximum Gasteiger partial charge on any atom is 0.433 e. The summed E-state index contributed by atoms with van der Waals surface area (Å²) in [4.78, 5) is 19.2. The van der Waals surface area contributed by atoms with Gasteiger partial charge in [0.2, 0.25) is 0 Å². The Morgan fingerprint density at radius 1 is 1.71 bits per heavy atom. The largest absolute Gasteiger partial charge is 0.433 e. The van der Waals surface area contributed by atoms with Gasteiger partial charge in [0.1, 0.15) is 0 Å². The minimum Gasteiger partial charge on any atom is -0.320 e. The highest BCUT2D eigenvalue weighted by molar-refractivity contribution is 5.77. The second-order valence-electron chi connectivity index (χ2n) is 2.40. The molecule has 1 rings (SSSR count). The van der Waals surface area contributed by atoms with Gasteiger partial charge in [0, 0.05) is 12.7 Å². The van der Waals surface area contributed by atoms with Gasteiger partial charge >= 0.3 is 6.09 Å². The molecule has 0 aliphatic heterocycles. The summed E-state index contributed by atoms with van der Waals surface area (Å²) in [6, 6.07) is 5.37. The Hall–Kier alpha value is -1.91. The lowest BCUT2D eigenvalue weighted by Crippen LogP contribution is -2.21. The molecule has 0 saturated heterocycles. The van der Waals surface area contributed by atoms with Gasteiger partial charge in [-0.25, -0.2) is 4.79 Å². The fourth-order valence-electron chi connectivity index (χ4n) is 0.757. The molecule has 0 unspecified atom stereocenters. The molecule has 1 aromatic rings. The molecule has 1 amide bonds. The molecular weight excluding hydrogens is 182 g/mol. The smallest absolute Gasteiger partial charge is 0.320 e. The Balaban J connectivity index is 2.38. The van der Waals surface area contributed by atoms with Gasteiger partial charge < -0.3 is 5.32 Å². The number of rotatable bonds is 3. The van der Waals surface area contributed by atoms with Crippen molar-refractivity contribution in [3.05, 3.63) is 30.1 Å². The molecule has 0 atom stereocenters. The van der Waals surface area contributed by atoms with Crippen LogP contribution in [0.3, 0.4) is 0 Å². The number of hydrogen-bond donors (Lipinski definition) is 1. The lowest BCUT2D eigenvalue weighted by atomic mass is 10.4. The molecule has 0 saturated carbocycles. The van der Waals surface area contributed by atoms with E-state index in [1.165, 1.54) is 6.21 Å². The molecule has 5 heteroatoms. The lowest BCUT2D eigenvalue weighted by Gasteiger charge is -1.96. The molecule has 0 radical (unpaired) electrons. The van der Waals surface area contributed by atoms with Gasteiger partial charge in [-0.15, -0.1) is 0 Å². The summed E-state index contributed by atoms with van der Waals surface area (Å²) >= 11 is 0. The van der Waals surface area contributed by atoms with Crippen molar-refractivity contribution < 1.29 is 9.63 Å². The number of carbonyl (C=O) groups is 1. The molecule has 0 aliphatic carbocycles. The first-order valence-corrected chi connectivity index (χ1v) is 4.22. The van der Waals surface area contributed by atoms with Crippen molar-refractivity contribution in [1.82, 2.24) is 10.3 Å². The van der Waals surface area contributed by atoms with Gasteiger partial charge in [0.05, 0.1) is 11.9 Å². The van der Waals surface area contributed by atoms with Crippen molar-refractivity contribution in [3.63, 3.8) is 0 Å². The number of nitrogens with one attached hydrogen (secondary N) is 1. The zero-order chi connectivity index (χ0) is 10.2. The summed E-state index contributed by atoms with van der Waals surface area (Å²) in [5, 5.41) is 5.90. The van der Waals surface area contributed by atoms with Crippen LogP contribution >= 0.6 is 0 Å². The second-order valence-corrected chi connectivity index (χ2v) is 2.40. The van der Waals surface area contributed by atoms with Crippen molar-refractivity contribution in [2.24, 2.45) is 5.16 Å². The minimum absolute atomic E-state index is 0.512. The standard InChI is InChI=1S/C9H11N3O2/c1-2-10-9(13)14-12-7-8-5-3-4-6-11-8/h3-7H,2H2,1H3,(H,10,13)/b12-7+. The van der Waals surface area contributed by atoms with Crippen LogP contribution in [0, 0.1) is 0 Å². The minimum atomic E-state index is -0.570. The summed E-state index contributed by atoms with van der Waals surface area (Å²) in [7, 11) is 0. The summed E-state index contributed by atoms with van der Waals surface area (Å²) in [6.45, 7) is 2.31. The van der Waals surface area contributed by atoms with Crippen LogP contribution in [0.4, 0.5) is 4.79 Å². The van der Waals surface area contributed by atoms with Gasteiger partial charge in [0.25, 0.3) is 0 Å². The highest BCUT2D eigenvalue weighted by Gasteiger charge is 1.95. The Morgan fingerprint density at radius 3 is 3.21 bits per heavy atom. The molecule has 14 heavy (non-hydrogen) atoms. The lowest BCUT2D eigenvalue weighted by molar-refractivity contribution is 0.152. The molecule has 0 fully saturated rings. The van der Waals surface area contributed by atoms with E-state index >= 15 is 0 Å². The van der Waals surface area contributed by atoms with Crippen LogP contribution in [0.1, 0.15) is 12.6 Å². The van der Waals surface area contributed by atoms with Gasteiger partial charge in [-0.05, 0) is 19.1 Å². The summed E-state index contributed by atoms with van der Waals surface area (Å²) < 4.78 is 0. The molecule has 1 aromatic heterocycles. The highest BCUT2D eigenvalue weighted by atomic mass is 16.7. The Labute approximate surface area is 81.8 Å². The van der Waals surface area contributed by atoms with Crippen LogP contribution < -0.4 is 5.32 Å². The molecule has 5 nitrogen and oxygen atoms in total. The first-order valence-electron chi connectivity index (χ1n) is 4.22. The van der Waals surface area contributed by atoms with E-state index in [2.05, 4.69) is 20.3 Å². The third kappa shape index (κ3) is 3.66. The van der Waals surface area contributed by atoms with Crippen molar-refractivity contribution in [1.29, 1.82) is 0 Å². The third-order valence-electron chi connectivity index (χ3n) is 1.33. The Kier molecular flexibility index (Phi) is 4.13. The van der Waals surface area contributed by atoms with Crippen LogP contribution in [-0.2, 0) is 4.84 Å². The van der Waals surface area contributed by atoms with Gasteiger partial charge in [-0.1, -0.05) is 11.2 Å². The van der Waals surface area contributed by atoms with Crippen molar-refractivity contribution in [3.8, 4) is 0 Å². The number of hydrogen-bond acceptors (Lipinski definition) is 4. The van der Waals surface area contributed by atoms with Crippen LogP contribution in [0.5, 0.6) is 0 Å². The van der Waals surface area contributed by atoms with Gasteiger partial charge in [0.15, 0.2) is 0 Å². The number of aromatic nitrogens is 1.